The first-order valence-electron chi connectivity index (χ1n) is 9.54. The van der Waals surface area contributed by atoms with Crippen molar-refractivity contribution in [3.8, 4) is 0 Å². The quantitative estimate of drug-likeness (QED) is 0.297. The van der Waals surface area contributed by atoms with Crippen molar-refractivity contribution < 1.29 is 44.3 Å². The Hall–Kier alpha value is -3.06. The highest BCUT2D eigenvalue weighted by molar-refractivity contribution is 7.17. The minimum absolute atomic E-state index is 0.368. The highest BCUT2D eigenvalue weighted by atomic mass is 32.1. The molecule has 2 heterocycles. The number of nitrogens with zero attached hydrogens (tertiary/aromatic N) is 1. The van der Waals surface area contributed by atoms with Crippen molar-refractivity contribution in [2.24, 2.45) is 5.73 Å². The molecule has 32 heavy (non-hydrogen) atoms. The first kappa shape index (κ1) is 27.0. The van der Waals surface area contributed by atoms with E-state index >= 15 is 0 Å². The number of carboxylic acids is 4. The van der Waals surface area contributed by atoms with Gasteiger partial charge in [-0.25, -0.2) is 19.2 Å². The van der Waals surface area contributed by atoms with E-state index in [-0.39, 0.29) is 0 Å². The van der Waals surface area contributed by atoms with Crippen molar-refractivity contribution in [2.45, 2.75) is 18.9 Å². The van der Waals surface area contributed by atoms with Crippen LogP contribution in [0.4, 0.5) is 0 Å². The van der Waals surface area contributed by atoms with Crippen LogP contribution >= 0.6 is 11.3 Å². The van der Waals surface area contributed by atoms with Crippen molar-refractivity contribution >= 4 is 45.3 Å². The fourth-order valence-corrected chi connectivity index (χ4v) is 3.49. The van der Waals surface area contributed by atoms with Gasteiger partial charge in [-0.15, -0.1) is 11.3 Å². The van der Waals surface area contributed by atoms with E-state index in [2.05, 4.69) is 34.5 Å². The second-order valence-corrected chi connectivity index (χ2v) is 7.67. The Kier molecular flexibility index (Phi) is 11.9. The zero-order valence-electron chi connectivity index (χ0n) is 17.2. The van der Waals surface area contributed by atoms with Crippen LogP contribution in [0.5, 0.6) is 0 Å². The minimum Gasteiger partial charge on any atom is -0.473 e. The van der Waals surface area contributed by atoms with Gasteiger partial charge in [-0.05, 0) is 47.8 Å². The van der Waals surface area contributed by atoms with Crippen molar-refractivity contribution in [3.05, 3.63) is 35.2 Å². The highest BCUT2D eigenvalue weighted by Gasteiger charge is 2.17. The summed E-state index contributed by atoms with van der Waals surface area (Å²) in [6, 6.07) is 9.24. The van der Waals surface area contributed by atoms with E-state index in [1.54, 1.807) is 11.3 Å². The Bertz CT molecular complexity index is 867. The molecule has 1 aliphatic rings. The van der Waals surface area contributed by atoms with Gasteiger partial charge in [-0.1, -0.05) is 12.1 Å². The lowest BCUT2D eigenvalue weighted by Crippen LogP contribution is -2.29. The summed E-state index contributed by atoms with van der Waals surface area (Å²) in [6.45, 7) is 4.78. The van der Waals surface area contributed by atoms with E-state index in [1.165, 1.54) is 15.6 Å². The van der Waals surface area contributed by atoms with Gasteiger partial charge in [0.2, 0.25) is 0 Å². The maximum absolute atomic E-state index is 9.10. The van der Waals surface area contributed by atoms with Crippen LogP contribution < -0.4 is 5.73 Å². The molecule has 1 fully saturated rings. The molecule has 0 saturated carbocycles. The van der Waals surface area contributed by atoms with Crippen LogP contribution in [0.15, 0.2) is 29.6 Å². The van der Waals surface area contributed by atoms with E-state index in [9.17, 15) is 0 Å². The molecule has 1 saturated heterocycles. The van der Waals surface area contributed by atoms with Gasteiger partial charge in [0, 0.05) is 23.8 Å². The monoisotopic (exact) mass is 470 g/mol. The Labute approximate surface area is 187 Å². The molecule has 176 valence electrons. The van der Waals surface area contributed by atoms with Gasteiger partial charge in [0.15, 0.2) is 0 Å². The molecule has 12 heteroatoms. The number of rotatable bonds is 6. The molecule has 1 aliphatic heterocycles. The summed E-state index contributed by atoms with van der Waals surface area (Å²) in [5.74, 6) is -7.30. The number of aliphatic carboxylic acids is 4. The van der Waals surface area contributed by atoms with E-state index < -0.39 is 23.9 Å². The minimum atomic E-state index is -1.82. The zero-order valence-corrected chi connectivity index (χ0v) is 18.0. The normalized spacial score (nSPS) is 15.2. The second kappa shape index (κ2) is 14.1. The molecule has 11 nitrogen and oxygen atoms in total. The number of thiophene rings is 1. The van der Waals surface area contributed by atoms with Crippen LogP contribution in [-0.4, -0.2) is 88.1 Å². The number of hydrogen-bond acceptors (Lipinski definition) is 8. The van der Waals surface area contributed by atoms with Gasteiger partial charge in [-0.2, -0.15) is 0 Å². The molecule has 0 amide bonds. The number of carbonyl (C=O) groups is 4. The molecule has 0 bridgehead atoms. The summed E-state index contributed by atoms with van der Waals surface area (Å²) in [6.07, 6.45) is 2.12. The maximum Gasteiger partial charge on any atom is 0.414 e. The Morgan fingerprint density at radius 2 is 1.62 bits per heavy atom. The first-order valence-corrected chi connectivity index (χ1v) is 10.4. The molecule has 0 spiro atoms. The lowest BCUT2D eigenvalue weighted by molar-refractivity contribution is -0.159. The Morgan fingerprint density at radius 3 is 2.16 bits per heavy atom. The first-order chi connectivity index (χ1) is 15.1. The fraction of sp³-hybridized carbons (Fsp3) is 0.400. The van der Waals surface area contributed by atoms with Gasteiger partial charge in [0.25, 0.3) is 0 Å². The molecule has 0 radical (unpaired) electrons. The Balaban J connectivity index is 0.000000355. The standard InChI is InChI=1S/C16H22N2OS.2C2H2O4/c17-15-3-6-18(12-15)7-9-19-8-4-13-1-2-16-14(11-13)5-10-20-16;2*3-1(4)2(5)6/h1-2,5,10-11,15H,3-4,6-9,12,17H2;2*(H,3,4)(H,5,6). The van der Waals surface area contributed by atoms with Crippen LogP contribution in [0.1, 0.15) is 12.0 Å². The summed E-state index contributed by atoms with van der Waals surface area (Å²) in [5, 5.41) is 33.1. The maximum atomic E-state index is 9.10. The second-order valence-electron chi connectivity index (χ2n) is 6.73. The van der Waals surface area contributed by atoms with Gasteiger partial charge >= 0.3 is 23.9 Å². The fourth-order valence-electron chi connectivity index (χ4n) is 2.72. The number of hydrogen-bond donors (Lipinski definition) is 5. The van der Waals surface area contributed by atoms with Gasteiger partial charge in [0.05, 0.1) is 13.2 Å². The van der Waals surface area contributed by atoms with Crippen LogP contribution in [0, 0.1) is 0 Å². The molecule has 1 atom stereocenters. The average molecular weight is 471 g/mol. The zero-order chi connectivity index (χ0) is 24.1. The summed E-state index contributed by atoms with van der Waals surface area (Å²) in [5.41, 5.74) is 7.25. The lowest BCUT2D eigenvalue weighted by Gasteiger charge is -2.14. The molecule has 2 aromatic rings. The van der Waals surface area contributed by atoms with E-state index in [4.69, 9.17) is 50.1 Å². The largest absolute Gasteiger partial charge is 0.473 e. The van der Waals surface area contributed by atoms with Gasteiger partial charge < -0.3 is 30.9 Å². The molecule has 6 N–H and O–H groups in total. The highest BCUT2D eigenvalue weighted by Crippen LogP contribution is 2.21. The Morgan fingerprint density at radius 1 is 1.00 bits per heavy atom. The number of benzene rings is 1. The molecule has 0 aliphatic carbocycles. The summed E-state index contributed by atoms with van der Waals surface area (Å²) < 4.78 is 7.11. The number of likely N-dealkylation sites (tertiary alicyclic amines) is 1. The van der Waals surface area contributed by atoms with Gasteiger partial charge in [-0.3, -0.25) is 4.90 Å². The van der Waals surface area contributed by atoms with Crippen molar-refractivity contribution in [2.75, 3.05) is 32.8 Å². The number of ether oxygens (including phenoxy) is 1. The molecule has 1 unspecified atom stereocenters. The van der Waals surface area contributed by atoms with E-state index in [0.717, 1.165) is 45.7 Å². The van der Waals surface area contributed by atoms with Gasteiger partial charge in [0.1, 0.15) is 0 Å². The molecule has 1 aromatic carbocycles. The van der Waals surface area contributed by atoms with Crippen molar-refractivity contribution in [3.63, 3.8) is 0 Å². The third kappa shape index (κ3) is 10.8. The summed E-state index contributed by atoms with van der Waals surface area (Å²) in [4.78, 5) is 38.8. The lowest BCUT2D eigenvalue weighted by atomic mass is 10.1. The predicted octanol–water partition coefficient (Wildman–Crippen LogP) is 0.805. The molecular weight excluding hydrogens is 444 g/mol. The van der Waals surface area contributed by atoms with Crippen LogP contribution in [-0.2, 0) is 30.3 Å². The van der Waals surface area contributed by atoms with Crippen molar-refractivity contribution in [1.82, 2.24) is 4.90 Å². The molecule has 3 rings (SSSR count). The molecule has 1 aromatic heterocycles. The van der Waals surface area contributed by atoms with Crippen LogP contribution in [0.25, 0.3) is 10.1 Å². The topological polar surface area (TPSA) is 188 Å². The third-order valence-corrected chi connectivity index (χ3v) is 5.18. The number of carboxylic acid groups (broad SMARTS) is 4. The average Bonchev–Trinajstić information content (AvgIpc) is 3.36. The van der Waals surface area contributed by atoms with E-state index in [1.807, 2.05) is 0 Å². The number of nitrogens with two attached hydrogens (primary N) is 1. The van der Waals surface area contributed by atoms with E-state index in [0.29, 0.717) is 6.04 Å². The third-order valence-electron chi connectivity index (χ3n) is 4.28. The van der Waals surface area contributed by atoms with Crippen LogP contribution in [0.3, 0.4) is 0 Å². The SMILES string of the molecule is NC1CCN(CCOCCc2ccc3sccc3c2)C1.O=C(O)C(=O)O.O=C(O)C(=O)O. The predicted molar refractivity (Wildman–Crippen MR) is 116 cm³/mol. The van der Waals surface area contributed by atoms with Crippen molar-refractivity contribution in [1.29, 1.82) is 0 Å². The molecular formula is C20H26N2O9S. The summed E-state index contributed by atoms with van der Waals surface area (Å²) in [7, 11) is 0. The summed E-state index contributed by atoms with van der Waals surface area (Å²) >= 11 is 1.80. The number of fused-ring (bicyclic) bond motifs is 1. The van der Waals surface area contributed by atoms with Crippen LogP contribution in [0.2, 0.25) is 0 Å². The smallest absolute Gasteiger partial charge is 0.414 e.